The van der Waals surface area contributed by atoms with Crippen molar-refractivity contribution in [2.45, 2.75) is 32.3 Å². The van der Waals surface area contributed by atoms with Crippen LogP contribution >= 0.6 is 0 Å². The summed E-state index contributed by atoms with van der Waals surface area (Å²) in [6.45, 7) is 2.41. The van der Waals surface area contributed by atoms with Crippen molar-refractivity contribution in [1.29, 1.82) is 0 Å². The first-order valence-corrected chi connectivity index (χ1v) is 9.26. The van der Waals surface area contributed by atoms with Crippen molar-refractivity contribution in [3.05, 3.63) is 65.0 Å². The molecule has 2 aromatic carbocycles. The summed E-state index contributed by atoms with van der Waals surface area (Å²) < 4.78 is 26.0. The van der Waals surface area contributed by atoms with Gasteiger partial charge >= 0.3 is 0 Å². The number of fused-ring (bicyclic) bond motifs is 1. The summed E-state index contributed by atoms with van der Waals surface area (Å²) in [4.78, 5) is 13.6. The lowest BCUT2D eigenvalue weighted by Crippen LogP contribution is -2.38. The van der Waals surface area contributed by atoms with E-state index in [2.05, 4.69) is 4.90 Å². The molecule has 142 valence electrons. The average Bonchev–Trinajstić information content (AvgIpc) is 2.69. The largest absolute Gasteiger partial charge is 0.460 e. The third-order valence-electron chi connectivity index (χ3n) is 5.28. The molecule has 0 bridgehead atoms. The smallest absolute Gasteiger partial charge is 0.227 e. The molecule has 0 radical (unpaired) electrons. The summed E-state index contributed by atoms with van der Waals surface area (Å²) >= 11 is 0. The molecule has 1 amide bonds. The van der Waals surface area contributed by atoms with Gasteiger partial charge in [0, 0.05) is 29.2 Å². The topological polar surface area (TPSA) is 64.8 Å². The summed E-state index contributed by atoms with van der Waals surface area (Å²) in [5, 5.41) is 0. The van der Waals surface area contributed by atoms with E-state index in [1.807, 2.05) is 30.3 Å². The molecule has 2 aliphatic heterocycles. The van der Waals surface area contributed by atoms with E-state index in [1.54, 1.807) is 0 Å². The Balaban J connectivity index is 1.52. The molecule has 5 nitrogen and oxygen atoms in total. The number of primary amides is 1. The van der Waals surface area contributed by atoms with Gasteiger partial charge in [-0.15, -0.1) is 0 Å². The van der Waals surface area contributed by atoms with Gasteiger partial charge in [0.05, 0.1) is 6.61 Å². The lowest BCUT2D eigenvalue weighted by Gasteiger charge is -2.33. The SMILES string of the molecule is NC(=O)C1CCN(Cc2cc(F)cc3c2OC(c2ccccc2)OC3)CC1. The number of nitrogens with two attached hydrogens (primary N) is 1. The van der Waals surface area contributed by atoms with E-state index in [1.165, 1.54) is 12.1 Å². The molecule has 1 unspecified atom stereocenters. The maximum absolute atomic E-state index is 14.1. The first-order chi connectivity index (χ1) is 13.1. The molecule has 4 rings (SSSR count). The quantitative estimate of drug-likeness (QED) is 0.898. The third kappa shape index (κ3) is 3.96. The van der Waals surface area contributed by atoms with Gasteiger partial charge in [0.25, 0.3) is 0 Å². The zero-order chi connectivity index (χ0) is 18.8. The van der Waals surface area contributed by atoms with E-state index in [0.29, 0.717) is 18.9 Å². The van der Waals surface area contributed by atoms with E-state index in [-0.39, 0.29) is 17.6 Å². The van der Waals surface area contributed by atoms with Gasteiger partial charge in [-0.2, -0.15) is 0 Å². The Hall–Kier alpha value is -2.44. The first-order valence-electron chi connectivity index (χ1n) is 9.26. The van der Waals surface area contributed by atoms with Gasteiger partial charge in [0.2, 0.25) is 12.2 Å². The highest BCUT2D eigenvalue weighted by Crippen LogP contribution is 2.37. The number of likely N-dealkylation sites (tertiary alicyclic amines) is 1. The van der Waals surface area contributed by atoms with Crippen LogP contribution in [0.15, 0.2) is 42.5 Å². The first kappa shape index (κ1) is 17.9. The van der Waals surface area contributed by atoms with Crippen molar-refractivity contribution in [2.75, 3.05) is 13.1 Å². The minimum absolute atomic E-state index is 0.0604. The number of piperidine rings is 1. The summed E-state index contributed by atoms with van der Waals surface area (Å²) in [6.07, 6.45) is 0.982. The average molecular weight is 370 g/mol. The molecule has 6 heteroatoms. The van der Waals surface area contributed by atoms with Crippen LogP contribution in [-0.2, 0) is 22.7 Å². The lowest BCUT2D eigenvalue weighted by molar-refractivity contribution is -0.123. The number of carbonyl (C=O) groups excluding carboxylic acids is 1. The Bertz CT molecular complexity index is 820. The normalized spacial score (nSPS) is 20.7. The molecule has 1 saturated heterocycles. The summed E-state index contributed by atoms with van der Waals surface area (Å²) in [7, 11) is 0. The summed E-state index contributed by atoms with van der Waals surface area (Å²) in [5.74, 6) is 0.119. The fourth-order valence-corrected chi connectivity index (χ4v) is 3.79. The molecular formula is C21H23FN2O3. The third-order valence-corrected chi connectivity index (χ3v) is 5.28. The minimum Gasteiger partial charge on any atom is -0.460 e. The van der Waals surface area contributed by atoms with Crippen LogP contribution in [0.4, 0.5) is 4.39 Å². The van der Waals surface area contributed by atoms with Gasteiger partial charge in [0.15, 0.2) is 0 Å². The van der Waals surface area contributed by atoms with Crippen LogP contribution in [0.5, 0.6) is 5.75 Å². The number of benzene rings is 2. The van der Waals surface area contributed by atoms with Gasteiger partial charge in [-0.05, 0) is 38.1 Å². The number of nitrogens with zero attached hydrogens (tertiary/aromatic N) is 1. The van der Waals surface area contributed by atoms with E-state index in [0.717, 1.165) is 42.6 Å². The van der Waals surface area contributed by atoms with E-state index >= 15 is 0 Å². The van der Waals surface area contributed by atoms with E-state index in [4.69, 9.17) is 15.2 Å². The number of amides is 1. The number of hydrogen-bond acceptors (Lipinski definition) is 4. The predicted molar refractivity (Wildman–Crippen MR) is 98.2 cm³/mol. The zero-order valence-electron chi connectivity index (χ0n) is 15.1. The Morgan fingerprint density at radius 3 is 2.63 bits per heavy atom. The van der Waals surface area contributed by atoms with Crippen molar-refractivity contribution in [3.8, 4) is 5.75 Å². The maximum atomic E-state index is 14.1. The Morgan fingerprint density at radius 1 is 1.19 bits per heavy atom. The van der Waals surface area contributed by atoms with E-state index in [9.17, 15) is 9.18 Å². The molecule has 2 aliphatic rings. The number of rotatable bonds is 4. The van der Waals surface area contributed by atoms with Crippen LogP contribution in [0.25, 0.3) is 0 Å². The molecule has 1 fully saturated rings. The van der Waals surface area contributed by atoms with Crippen molar-refractivity contribution in [2.24, 2.45) is 11.7 Å². The number of hydrogen-bond donors (Lipinski definition) is 1. The molecule has 0 aliphatic carbocycles. The van der Waals surface area contributed by atoms with Gasteiger partial charge < -0.3 is 15.2 Å². The van der Waals surface area contributed by atoms with E-state index < -0.39 is 6.29 Å². The Labute approximate surface area is 157 Å². The summed E-state index contributed by atoms with van der Waals surface area (Å²) in [6, 6.07) is 12.7. The molecule has 1 atom stereocenters. The van der Waals surface area contributed by atoms with Crippen LogP contribution in [0.1, 0.15) is 35.8 Å². The molecule has 0 aromatic heterocycles. The van der Waals surface area contributed by atoms with Gasteiger partial charge in [0.1, 0.15) is 11.6 Å². The fraction of sp³-hybridized carbons (Fsp3) is 0.381. The maximum Gasteiger partial charge on any atom is 0.227 e. The Kier molecular flexibility index (Phi) is 5.09. The second-order valence-electron chi connectivity index (χ2n) is 7.18. The van der Waals surface area contributed by atoms with Crippen molar-refractivity contribution in [3.63, 3.8) is 0 Å². The van der Waals surface area contributed by atoms with Crippen molar-refractivity contribution < 1.29 is 18.7 Å². The number of carbonyl (C=O) groups is 1. The standard InChI is InChI=1S/C21H23FN2O3/c22-18-10-16(12-24-8-6-14(7-9-24)20(23)25)19-17(11-18)13-26-21(27-19)15-4-2-1-3-5-15/h1-5,10-11,14,21H,6-9,12-13H2,(H2,23,25). The summed E-state index contributed by atoms with van der Waals surface area (Å²) in [5.41, 5.74) is 7.87. The lowest BCUT2D eigenvalue weighted by atomic mass is 9.95. The molecule has 2 heterocycles. The van der Waals surface area contributed by atoms with Gasteiger partial charge in [-0.25, -0.2) is 4.39 Å². The van der Waals surface area contributed by atoms with Crippen molar-refractivity contribution in [1.82, 2.24) is 4.90 Å². The molecule has 0 saturated carbocycles. The van der Waals surface area contributed by atoms with Crippen LogP contribution in [-0.4, -0.2) is 23.9 Å². The molecule has 0 spiro atoms. The molecular weight excluding hydrogens is 347 g/mol. The number of ether oxygens (including phenoxy) is 2. The fourth-order valence-electron chi connectivity index (χ4n) is 3.79. The predicted octanol–water partition coefficient (Wildman–Crippen LogP) is 3.13. The highest BCUT2D eigenvalue weighted by molar-refractivity contribution is 5.76. The second kappa shape index (κ2) is 7.66. The van der Waals surface area contributed by atoms with Crippen LogP contribution in [0.3, 0.4) is 0 Å². The van der Waals surface area contributed by atoms with Gasteiger partial charge in [-0.3, -0.25) is 9.69 Å². The monoisotopic (exact) mass is 370 g/mol. The van der Waals surface area contributed by atoms with Crippen LogP contribution in [0.2, 0.25) is 0 Å². The van der Waals surface area contributed by atoms with Crippen molar-refractivity contribution >= 4 is 5.91 Å². The molecule has 27 heavy (non-hydrogen) atoms. The Morgan fingerprint density at radius 2 is 1.93 bits per heavy atom. The minimum atomic E-state index is -0.497. The molecule has 2 aromatic rings. The second-order valence-corrected chi connectivity index (χ2v) is 7.18. The molecule has 2 N–H and O–H groups in total. The highest BCUT2D eigenvalue weighted by atomic mass is 19.1. The van der Waals surface area contributed by atoms with Crippen LogP contribution < -0.4 is 10.5 Å². The van der Waals surface area contributed by atoms with Gasteiger partial charge in [-0.1, -0.05) is 30.3 Å². The zero-order valence-corrected chi connectivity index (χ0v) is 15.1. The van der Waals surface area contributed by atoms with Crippen LogP contribution in [0, 0.1) is 11.7 Å². The highest BCUT2D eigenvalue weighted by Gasteiger charge is 2.28. The number of halogens is 1.